The zero-order valence-electron chi connectivity index (χ0n) is 25.5. The lowest BCUT2D eigenvalue weighted by Crippen LogP contribution is -2.58. The van der Waals surface area contributed by atoms with Gasteiger partial charge in [0.2, 0.25) is 5.91 Å². The fraction of sp³-hybridized carbons (Fsp3) is 0.471. The van der Waals surface area contributed by atoms with Gasteiger partial charge in [-0.2, -0.15) is 0 Å². The molecule has 0 bridgehead atoms. The number of nitrogens with zero attached hydrogens (tertiary/aromatic N) is 3. The van der Waals surface area contributed by atoms with Crippen LogP contribution in [0.3, 0.4) is 0 Å². The molecule has 1 aromatic heterocycles. The van der Waals surface area contributed by atoms with Gasteiger partial charge in [-0.15, -0.1) is 10.2 Å². The van der Waals surface area contributed by atoms with Gasteiger partial charge in [-0.1, -0.05) is 54.6 Å². The van der Waals surface area contributed by atoms with Gasteiger partial charge in [-0.05, 0) is 82.4 Å². The second-order valence-corrected chi connectivity index (χ2v) is 12.8. The number of carbonyl (C=O) groups is 2. The average molecular weight is 586 g/mol. The minimum absolute atomic E-state index is 0.0632. The summed E-state index contributed by atoms with van der Waals surface area (Å²) in [6.07, 6.45) is 4.58. The van der Waals surface area contributed by atoms with E-state index in [1.807, 2.05) is 86.3 Å². The van der Waals surface area contributed by atoms with Crippen molar-refractivity contribution in [3.63, 3.8) is 0 Å². The van der Waals surface area contributed by atoms with Crippen molar-refractivity contribution in [2.24, 2.45) is 11.7 Å². The second-order valence-electron chi connectivity index (χ2n) is 12.8. The van der Waals surface area contributed by atoms with E-state index in [1.54, 1.807) is 0 Å². The largest absolute Gasteiger partial charge is 0.453 e. The molecule has 9 nitrogen and oxygen atoms in total. The minimum Gasteiger partial charge on any atom is -0.453 e. The Morgan fingerprint density at radius 1 is 1.02 bits per heavy atom. The SMILES string of the molecule is COC(=O)N(C(C)C)[C@H]1CC[C@H](CC(=O)Nc2cc(-c3ccccc3)c(-c3ccc([C@]4(N)C[C@](C)(O)C4)cc3)nn2)CC1. The number of aromatic nitrogens is 2. The summed E-state index contributed by atoms with van der Waals surface area (Å²) in [4.78, 5) is 27.2. The summed E-state index contributed by atoms with van der Waals surface area (Å²) < 4.78 is 4.99. The lowest BCUT2D eigenvalue weighted by Gasteiger charge is -2.49. The Kier molecular flexibility index (Phi) is 8.85. The number of hydrogen-bond donors (Lipinski definition) is 3. The minimum atomic E-state index is -0.724. The summed E-state index contributed by atoms with van der Waals surface area (Å²) in [6, 6.07) is 20.0. The van der Waals surface area contributed by atoms with Crippen LogP contribution in [0.15, 0.2) is 60.7 Å². The highest BCUT2D eigenvalue weighted by molar-refractivity contribution is 5.91. The van der Waals surface area contributed by atoms with Crippen molar-refractivity contribution in [3.05, 3.63) is 66.2 Å². The molecule has 9 heteroatoms. The maximum absolute atomic E-state index is 13.1. The molecule has 2 saturated carbocycles. The lowest BCUT2D eigenvalue weighted by molar-refractivity contribution is -0.117. The number of amides is 2. The smallest absolute Gasteiger partial charge is 0.409 e. The predicted molar refractivity (Wildman–Crippen MR) is 167 cm³/mol. The quantitative estimate of drug-likeness (QED) is 0.301. The molecule has 2 aliphatic carbocycles. The van der Waals surface area contributed by atoms with Crippen LogP contribution in [-0.2, 0) is 15.1 Å². The van der Waals surface area contributed by atoms with Crippen LogP contribution in [0.25, 0.3) is 22.4 Å². The van der Waals surface area contributed by atoms with Crippen LogP contribution in [0, 0.1) is 5.92 Å². The summed E-state index contributed by atoms with van der Waals surface area (Å²) in [5.41, 5.74) is 9.71. The van der Waals surface area contributed by atoms with Crippen LogP contribution in [0.5, 0.6) is 0 Å². The Morgan fingerprint density at radius 3 is 2.26 bits per heavy atom. The van der Waals surface area contributed by atoms with E-state index < -0.39 is 11.1 Å². The van der Waals surface area contributed by atoms with Crippen LogP contribution in [0.2, 0.25) is 0 Å². The summed E-state index contributed by atoms with van der Waals surface area (Å²) >= 11 is 0. The zero-order chi connectivity index (χ0) is 30.8. The van der Waals surface area contributed by atoms with Gasteiger partial charge in [-0.3, -0.25) is 4.79 Å². The standard InChI is InChI=1S/C34H43N5O4/c1-22(2)39(32(41)43-4)27-16-10-23(11-17-27)18-30(40)36-29-19-28(24-8-6-5-7-9-24)31(38-37-29)25-12-14-26(15-13-25)34(35)20-33(3,42)21-34/h5-9,12-15,19,22-23,27,42H,10-11,16-18,20-21,35H2,1-4H3,(H,36,37,40)/t23-,27-,33-,34-. The first-order valence-electron chi connectivity index (χ1n) is 15.2. The molecule has 1 heterocycles. The molecule has 4 N–H and O–H groups in total. The molecule has 0 atom stereocenters. The van der Waals surface area contributed by atoms with Crippen molar-refractivity contribution in [2.45, 2.75) is 88.9 Å². The molecule has 228 valence electrons. The molecule has 2 amide bonds. The van der Waals surface area contributed by atoms with Gasteiger partial charge >= 0.3 is 6.09 Å². The molecule has 2 fully saturated rings. The van der Waals surface area contributed by atoms with E-state index in [0.717, 1.165) is 47.9 Å². The number of hydrogen-bond acceptors (Lipinski definition) is 7. The maximum Gasteiger partial charge on any atom is 0.409 e. The Bertz CT molecular complexity index is 1420. The molecule has 0 unspecified atom stereocenters. The highest BCUT2D eigenvalue weighted by Gasteiger charge is 2.49. The van der Waals surface area contributed by atoms with E-state index in [-0.39, 0.29) is 30.0 Å². The number of aliphatic hydroxyl groups is 1. The summed E-state index contributed by atoms with van der Waals surface area (Å²) in [5.74, 6) is 0.562. The van der Waals surface area contributed by atoms with Crippen LogP contribution in [0.1, 0.15) is 71.3 Å². The maximum atomic E-state index is 13.1. The van der Waals surface area contributed by atoms with Gasteiger partial charge in [-0.25, -0.2) is 4.79 Å². The number of nitrogens with two attached hydrogens (primary N) is 1. The lowest BCUT2D eigenvalue weighted by atomic mass is 9.63. The van der Waals surface area contributed by atoms with Crippen LogP contribution in [-0.4, -0.2) is 57.0 Å². The van der Waals surface area contributed by atoms with E-state index in [4.69, 9.17) is 10.5 Å². The molecule has 2 aromatic carbocycles. The third-order valence-corrected chi connectivity index (χ3v) is 8.90. The first-order chi connectivity index (χ1) is 20.5. The van der Waals surface area contributed by atoms with Crippen LogP contribution >= 0.6 is 0 Å². The molecule has 0 saturated heterocycles. The number of carbonyl (C=O) groups excluding carboxylic acids is 2. The second kappa shape index (κ2) is 12.4. The number of rotatable bonds is 8. The first kappa shape index (κ1) is 30.6. The number of nitrogens with one attached hydrogen (secondary N) is 1. The van der Waals surface area contributed by atoms with Gasteiger partial charge in [0, 0.05) is 35.2 Å². The molecular weight excluding hydrogens is 542 g/mol. The van der Waals surface area contributed by atoms with Crippen LogP contribution < -0.4 is 11.1 Å². The van der Waals surface area contributed by atoms with Crippen molar-refractivity contribution >= 4 is 17.8 Å². The van der Waals surface area contributed by atoms with Crippen LogP contribution in [0.4, 0.5) is 10.6 Å². The van der Waals surface area contributed by atoms with Crippen molar-refractivity contribution < 1.29 is 19.4 Å². The normalized spacial score (nSPS) is 25.1. The van der Waals surface area contributed by atoms with Crippen molar-refractivity contribution in [1.29, 1.82) is 0 Å². The van der Waals surface area contributed by atoms with E-state index in [0.29, 0.717) is 30.8 Å². The number of anilines is 1. The predicted octanol–water partition coefficient (Wildman–Crippen LogP) is 5.87. The van der Waals surface area contributed by atoms with Gasteiger partial charge < -0.3 is 25.8 Å². The molecular formula is C34H43N5O4. The van der Waals surface area contributed by atoms with E-state index >= 15 is 0 Å². The first-order valence-corrected chi connectivity index (χ1v) is 15.2. The molecule has 2 aliphatic rings. The van der Waals surface area contributed by atoms with Crippen molar-refractivity contribution in [2.75, 3.05) is 12.4 Å². The fourth-order valence-corrected chi connectivity index (χ4v) is 6.95. The van der Waals surface area contributed by atoms with Crippen molar-refractivity contribution in [3.8, 4) is 22.4 Å². The Hall–Kier alpha value is -3.82. The molecule has 3 aromatic rings. The van der Waals surface area contributed by atoms with Crippen molar-refractivity contribution in [1.82, 2.24) is 15.1 Å². The van der Waals surface area contributed by atoms with Gasteiger partial charge in [0.05, 0.1) is 12.7 Å². The zero-order valence-corrected chi connectivity index (χ0v) is 25.5. The monoisotopic (exact) mass is 585 g/mol. The molecule has 43 heavy (non-hydrogen) atoms. The Balaban J connectivity index is 1.27. The highest BCUT2D eigenvalue weighted by Crippen LogP contribution is 2.46. The van der Waals surface area contributed by atoms with E-state index in [2.05, 4.69) is 15.5 Å². The average Bonchev–Trinajstić information content (AvgIpc) is 2.97. The van der Waals surface area contributed by atoms with Gasteiger partial charge in [0.15, 0.2) is 5.82 Å². The Labute approximate surface area is 253 Å². The summed E-state index contributed by atoms with van der Waals surface area (Å²) in [7, 11) is 1.42. The van der Waals surface area contributed by atoms with E-state index in [1.165, 1.54) is 7.11 Å². The third-order valence-electron chi connectivity index (χ3n) is 8.90. The number of benzene rings is 2. The fourth-order valence-electron chi connectivity index (χ4n) is 6.95. The molecule has 0 radical (unpaired) electrons. The summed E-state index contributed by atoms with van der Waals surface area (Å²) in [6.45, 7) is 5.81. The molecule has 0 aliphatic heterocycles. The third kappa shape index (κ3) is 6.89. The number of methoxy groups -OCH3 is 1. The topological polar surface area (TPSA) is 131 Å². The Morgan fingerprint density at radius 2 is 1.67 bits per heavy atom. The van der Waals surface area contributed by atoms with E-state index in [9.17, 15) is 14.7 Å². The number of ether oxygens (including phenoxy) is 1. The molecule has 5 rings (SSSR count). The van der Waals surface area contributed by atoms with Gasteiger partial charge in [0.25, 0.3) is 0 Å². The highest BCUT2D eigenvalue weighted by atomic mass is 16.5. The molecule has 0 spiro atoms. The van der Waals surface area contributed by atoms with Gasteiger partial charge in [0.1, 0.15) is 5.69 Å². The summed E-state index contributed by atoms with van der Waals surface area (Å²) in [5, 5.41) is 22.1.